The average Bonchev–Trinajstić information content (AvgIpc) is 3.15. The van der Waals surface area contributed by atoms with E-state index in [0.29, 0.717) is 11.4 Å². The maximum absolute atomic E-state index is 13.2. The number of ether oxygens (including phenoxy) is 1. The number of hydrogen-bond acceptors (Lipinski definition) is 7. The summed E-state index contributed by atoms with van der Waals surface area (Å²) in [5.74, 6) is -2.40. The number of nitrogens with one attached hydrogen (secondary N) is 1. The second-order valence-electron chi connectivity index (χ2n) is 8.77. The Morgan fingerprint density at radius 2 is 1.62 bits per heavy atom. The molecule has 0 saturated heterocycles. The molecule has 0 fully saturated rings. The number of ketones is 1. The van der Waals surface area contributed by atoms with Gasteiger partial charge in [0.25, 0.3) is 17.2 Å². The predicted octanol–water partition coefficient (Wildman–Crippen LogP) is 4.46. The largest absolute Gasteiger partial charge is 0.449 e. The Labute approximate surface area is 232 Å². The molecule has 0 aliphatic rings. The zero-order valence-corrected chi connectivity index (χ0v) is 22.3. The third-order valence-electron chi connectivity index (χ3n) is 6.25. The molecule has 4 aromatic rings. The number of anilines is 1. The van der Waals surface area contributed by atoms with Crippen molar-refractivity contribution in [2.75, 3.05) is 5.32 Å². The Morgan fingerprint density at radius 3 is 2.27 bits per heavy atom. The molecule has 1 unspecified atom stereocenters. The van der Waals surface area contributed by atoms with E-state index >= 15 is 0 Å². The summed E-state index contributed by atoms with van der Waals surface area (Å²) >= 11 is 5.84. The summed E-state index contributed by atoms with van der Waals surface area (Å²) in [5, 5.41) is 13.6. The molecule has 40 heavy (non-hydrogen) atoms. The fraction of sp³-hybridized carbons (Fsp3) is 0.143. The molecule has 204 valence electrons. The van der Waals surface area contributed by atoms with Gasteiger partial charge in [0.2, 0.25) is 0 Å². The Bertz CT molecular complexity index is 1710. The van der Waals surface area contributed by atoms with Gasteiger partial charge in [0.1, 0.15) is 10.7 Å². The van der Waals surface area contributed by atoms with Crippen molar-refractivity contribution < 1.29 is 24.0 Å². The zero-order chi connectivity index (χ0) is 29.1. The van der Waals surface area contributed by atoms with E-state index in [1.165, 1.54) is 48.0 Å². The van der Waals surface area contributed by atoms with Gasteiger partial charge in [-0.1, -0.05) is 48.0 Å². The molecule has 1 atom stereocenters. The lowest BCUT2D eigenvalue weighted by atomic mass is 9.98. The first kappa shape index (κ1) is 28.0. The van der Waals surface area contributed by atoms with Crippen molar-refractivity contribution in [1.29, 1.82) is 0 Å². The summed E-state index contributed by atoms with van der Waals surface area (Å²) in [7, 11) is 1.67. The number of nitrogens with zero attached hydrogens (tertiary/aromatic N) is 3. The summed E-state index contributed by atoms with van der Waals surface area (Å²) in [6.45, 7) is 2.99. The molecule has 0 radical (unpaired) electrons. The second-order valence-corrected chi connectivity index (χ2v) is 9.18. The molecular weight excluding hydrogens is 540 g/mol. The van der Waals surface area contributed by atoms with Gasteiger partial charge in [-0.05, 0) is 44.2 Å². The van der Waals surface area contributed by atoms with E-state index in [4.69, 9.17) is 16.3 Å². The first-order valence-corrected chi connectivity index (χ1v) is 12.3. The molecule has 1 heterocycles. The van der Waals surface area contributed by atoms with Crippen LogP contribution < -0.4 is 10.9 Å². The minimum absolute atomic E-state index is 0.0270. The predicted molar refractivity (Wildman–Crippen MR) is 147 cm³/mol. The fourth-order valence-electron chi connectivity index (χ4n) is 4.02. The van der Waals surface area contributed by atoms with E-state index in [-0.39, 0.29) is 27.4 Å². The highest BCUT2D eigenvalue weighted by atomic mass is 35.5. The van der Waals surface area contributed by atoms with Crippen molar-refractivity contribution in [2.24, 2.45) is 7.05 Å². The van der Waals surface area contributed by atoms with E-state index in [9.17, 15) is 29.3 Å². The van der Waals surface area contributed by atoms with Crippen LogP contribution in [0.1, 0.15) is 38.9 Å². The number of hydrogen-bond donors (Lipinski definition) is 1. The molecule has 4 rings (SSSR count). The van der Waals surface area contributed by atoms with Crippen LogP contribution in [0.5, 0.6) is 0 Å². The molecule has 1 amide bonds. The molecule has 1 N–H and O–H groups in total. The molecule has 11 nitrogen and oxygen atoms in total. The molecule has 0 bridgehead atoms. The van der Waals surface area contributed by atoms with Crippen LogP contribution in [0, 0.1) is 17.0 Å². The number of nitro groups is 1. The van der Waals surface area contributed by atoms with Crippen LogP contribution in [0.3, 0.4) is 0 Å². The van der Waals surface area contributed by atoms with Crippen LogP contribution in [0.25, 0.3) is 5.69 Å². The highest BCUT2D eigenvalue weighted by Gasteiger charge is 2.26. The van der Waals surface area contributed by atoms with Gasteiger partial charge in [0.05, 0.1) is 21.9 Å². The molecule has 1 aromatic heterocycles. The summed E-state index contributed by atoms with van der Waals surface area (Å²) in [5.41, 5.74) is -0.102. The van der Waals surface area contributed by atoms with Crippen molar-refractivity contribution in [3.05, 3.63) is 121 Å². The monoisotopic (exact) mass is 562 g/mol. The first-order valence-electron chi connectivity index (χ1n) is 11.9. The fourth-order valence-corrected chi connectivity index (χ4v) is 4.21. The van der Waals surface area contributed by atoms with E-state index in [1.54, 1.807) is 42.9 Å². The standard InChI is InChI=1S/C28H23ClN4O7/c1-16-24(27(36)32(31(16)3)19-9-5-4-6-10-19)30-26(35)17(2)40-28(37)21-12-8-7-11-20(21)25(34)18-13-14-22(29)23(15-18)33(38)39/h4-15,17H,1-3H3,(H,30,35). The van der Waals surface area contributed by atoms with Crippen LogP contribution in [0.4, 0.5) is 11.4 Å². The highest BCUT2D eigenvalue weighted by molar-refractivity contribution is 6.33. The van der Waals surface area contributed by atoms with Gasteiger partial charge in [-0.25, -0.2) is 9.48 Å². The number of halogens is 1. The van der Waals surface area contributed by atoms with Gasteiger partial charge in [0.15, 0.2) is 11.9 Å². The van der Waals surface area contributed by atoms with E-state index in [2.05, 4.69) is 5.32 Å². The van der Waals surface area contributed by atoms with Crippen LogP contribution in [0.2, 0.25) is 5.02 Å². The first-order chi connectivity index (χ1) is 19.0. The number of para-hydroxylation sites is 1. The summed E-state index contributed by atoms with van der Waals surface area (Å²) in [6.07, 6.45) is -1.34. The number of esters is 1. The van der Waals surface area contributed by atoms with Crippen LogP contribution in [-0.2, 0) is 16.6 Å². The smallest absolute Gasteiger partial charge is 0.339 e. The van der Waals surface area contributed by atoms with E-state index in [0.717, 1.165) is 6.07 Å². The van der Waals surface area contributed by atoms with Gasteiger partial charge in [-0.2, -0.15) is 0 Å². The van der Waals surface area contributed by atoms with Crippen molar-refractivity contribution >= 4 is 40.6 Å². The summed E-state index contributed by atoms with van der Waals surface area (Å²) in [6, 6.07) is 18.1. The minimum Gasteiger partial charge on any atom is -0.449 e. The van der Waals surface area contributed by atoms with Crippen LogP contribution >= 0.6 is 11.6 Å². The quantitative estimate of drug-likeness (QED) is 0.144. The number of benzene rings is 3. The lowest BCUT2D eigenvalue weighted by Gasteiger charge is -2.14. The lowest BCUT2D eigenvalue weighted by molar-refractivity contribution is -0.384. The van der Waals surface area contributed by atoms with Gasteiger partial charge >= 0.3 is 5.97 Å². The second kappa shape index (κ2) is 11.4. The Morgan fingerprint density at radius 1 is 1.00 bits per heavy atom. The van der Waals surface area contributed by atoms with Crippen molar-refractivity contribution in [1.82, 2.24) is 9.36 Å². The van der Waals surface area contributed by atoms with Gasteiger partial charge in [0, 0.05) is 24.2 Å². The number of rotatable bonds is 8. The van der Waals surface area contributed by atoms with Crippen LogP contribution in [-0.4, -0.2) is 38.1 Å². The Balaban J connectivity index is 1.54. The molecule has 0 aliphatic heterocycles. The number of nitro benzene ring substituents is 1. The van der Waals surface area contributed by atoms with Crippen molar-refractivity contribution in [3.63, 3.8) is 0 Å². The van der Waals surface area contributed by atoms with Crippen molar-refractivity contribution in [3.8, 4) is 5.69 Å². The maximum atomic E-state index is 13.2. The Hall–Kier alpha value is -5.03. The van der Waals surface area contributed by atoms with E-state index in [1.807, 2.05) is 6.07 Å². The molecule has 3 aromatic carbocycles. The SMILES string of the molecule is Cc1c(NC(=O)C(C)OC(=O)c2ccccc2C(=O)c2ccc(Cl)c([N+](=O)[O-])c2)c(=O)n(-c2ccccc2)n1C. The molecule has 0 aliphatic carbocycles. The third-order valence-corrected chi connectivity index (χ3v) is 6.57. The number of carbonyl (C=O) groups excluding carboxylic acids is 3. The third kappa shape index (κ3) is 5.40. The van der Waals surface area contributed by atoms with Gasteiger partial charge in [-0.15, -0.1) is 0 Å². The normalized spacial score (nSPS) is 11.5. The number of carbonyl (C=O) groups is 3. The van der Waals surface area contributed by atoms with Crippen LogP contribution in [0.15, 0.2) is 77.6 Å². The molecule has 0 spiro atoms. The maximum Gasteiger partial charge on any atom is 0.339 e. The van der Waals surface area contributed by atoms with Gasteiger partial charge in [-0.3, -0.25) is 29.2 Å². The summed E-state index contributed by atoms with van der Waals surface area (Å²) < 4.78 is 8.32. The molecule has 0 saturated carbocycles. The lowest BCUT2D eigenvalue weighted by Crippen LogP contribution is -2.32. The van der Waals surface area contributed by atoms with E-state index < -0.39 is 39.9 Å². The van der Waals surface area contributed by atoms with Crippen molar-refractivity contribution in [2.45, 2.75) is 20.0 Å². The zero-order valence-electron chi connectivity index (χ0n) is 21.6. The average molecular weight is 563 g/mol. The summed E-state index contributed by atoms with van der Waals surface area (Å²) in [4.78, 5) is 62.7. The Kier molecular flexibility index (Phi) is 7.96. The molecule has 12 heteroatoms. The topological polar surface area (TPSA) is 143 Å². The highest BCUT2D eigenvalue weighted by Crippen LogP contribution is 2.27. The molecular formula is C28H23ClN4O7. The number of aromatic nitrogens is 2. The minimum atomic E-state index is -1.34. The van der Waals surface area contributed by atoms with Gasteiger partial charge < -0.3 is 10.1 Å². The number of amides is 1.